The number of aromatic nitrogens is 3. The zero-order chi connectivity index (χ0) is 36.2. The molecule has 4 heterocycles. The summed E-state index contributed by atoms with van der Waals surface area (Å²) in [5.74, 6) is -3.07. The van der Waals surface area contributed by atoms with Crippen molar-refractivity contribution in [3.63, 3.8) is 0 Å². The molecule has 0 aliphatic carbocycles. The lowest BCUT2D eigenvalue weighted by molar-refractivity contribution is -0.292. The molecule has 0 spiro atoms. The first-order valence-electron chi connectivity index (χ1n) is 16.1. The van der Waals surface area contributed by atoms with E-state index in [1.165, 1.54) is 11.3 Å². The van der Waals surface area contributed by atoms with E-state index < -0.39 is 63.2 Å². The highest BCUT2D eigenvalue weighted by Gasteiger charge is 2.45. The van der Waals surface area contributed by atoms with Gasteiger partial charge in [0.15, 0.2) is 4.96 Å². The van der Waals surface area contributed by atoms with Crippen LogP contribution < -0.4 is 15.4 Å². The number of fused-ring (bicyclic) bond motifs is 3. The molecule has 1 aliphatic heterocycles. The number of alkyl halides is 4. The molecule has 5 aromatic rings. The van der Waals surface area contributed by atoms with Gasteiger partial charge in [-0.2, -0.15) is 0 Å². The largest absolute Gasteiger partial charge is 0.492 e. The Bertz CT molecular complexity index is 1980. The molecule has 4 atom stereocenters. The van der Waals surface area contributed by atoms with E-state index in [4.69, 9.17) is 18.9 Å². The molecule has 0 bridgehead atoms. The molecule has 10 nitrogen and oxygen atoms in total. The number of nitrogens with zero attached hydrogens (tertiary/aromatic N) is 4. The molecule has 2 aromatic carbocycles. The van der Waals surface area contributed by atoms with Gasteiger partial charge in [-0.25, -0.2) is 32.2 Å². The molecule has 226 valence electrons. The highest BCUT2D eigenvalue weighted by atomic mass is 32.1. The van der Waals surface area contributed by atoms with Crippen molar-refractivity contribution >= 4 is 44.1 Å². The zero-order valence-electron chi connectivity index (χ0n) is 28.8. The van der Waals surface area contributed by atoms with Crippen LogP contribution in [-0.4, -0.2) is 63.9 Å². The smallest absolute Gasteiger partial charge is 0.326 e. The van der Waals surface area contributed by atoms with Crippen molar-refractivity contribution in [1.82, 2.24) is 19.4 Å². The Kier molecular flexibility index (Phi) is 5.90. The van der Waals surface area contributed by atoms with Crippen LogP contribution in [0.5, 0.6) is 5.75 Å². The standard InChI is InChI=1S/C28H26F4N6O4S/c1-14(2)18-12-22(42-36-18)35-27(39)33-16-5-3-15(4-6-16)19-13-38-20-8-7-17(11-21(20)43-28(38)34-19)40-10-9-37-23(29)25(31)41-26(32)24(37)30/h3-8,11-14,23-26H,9-10H2,1-2H3,(H2,33,35,39)/i1D3,2D3,14D. The van der Waals surface area contributed by atoms with E-state index in [2.05, 4.69) is 25.5 Å². The minimum Gasteiger partial charge on any atom is -0.492 e. The topological polar surface area (TPSA) is 106 Å². The second kappa shape index (κ2) is 11.8. The molecular formula is C28H26F4N6O4S. The molecule has 1 aliphatic rings. The number of nitrogens with one attached hydrogen (secondary N) is 2. The average molecular weight is 626 g/mol. The summed E-state index contributed by atoms with van der Waals surface area (Å²) >= 11 is 1.34. The van der Waals surface area contributed by atoms with Crippen molar-refractivity contribution in [3.05, 3.63) is 60.4 Å². The van der Waals surface area contributed by atoms with Crippen LogP contribution in [0.15, 0.2) is 59.3 Å². The Labute approximate surface area is 256 Å². The quantitative estimate of drug-likeness (QED) is 0.143. The predicted octanol–water partition coefficient (Wildman–Crippen LogP) is 6.86. The summed E-state index contributed by atoms with van der Waals surface area (Å²) in [5.41, 5.74) is 1.80. The van der Waals surface area contributed by atoms with Crippen LogP contribution in [0.25, 0.3) is 26.4 Å². The fourth-order valence-electron chi connectivity index (χ4n) is 4.37. The van der Waals surface area contributed by atoms with E-state index in [1.807, 2.05) is 4.40 Å². The van der Waals surface area contributed by atoms with Gasteiger partial charge in [0.2, 0.25) is 31.2 Å². The predicted molar refractivity (Wildman–Crippen MR) is 152 cm³/mol. The van der Waals surface area contributed by atoms with Gasteiger partial charge in [-0.3, -0.25) is 9.72 Å². The van der Waals surface area contributed by atoms with Crippen LogP contribution in [0.3, 0.4) is 0 Å². The summed E-state index contributed by atoms with van der Waals surface area (Å²) in [4.78, 5) is 18.2. The summed E-state index contributed by atoms with van der Waals surface area (Å²) in [6, 6.07) is 11.8. The molecule has 0 radical (unpaired) electrons. The van der Waals surface area contributed by atoms with E-state index in [-0.39, 0.29) is 12.5 Å². The number of morpholine rings is 1. The van der Waals surface area contributed by atoms with Gasteiger partial charge in [0.1, 0.15) is 12.4 Å². The van der Waals surface area contributed by atoms with Crippen LogP contribution >= 0.6 is 11.3 Å². The summed E-state index contributed by atoms with van der Waals surface area (Å²) in [7, 11) is 0. The highest BCUT2D eigenvalue weighted by Crippen LogP contribution is 2.33. The number of anilines is 2. The minimum absolute atomic E-state index is 0.238. The normalized spacial score (nSPS) is 24.3. The second-order valence-electron chi connectivity index (χ2n) is 9.29. The Morgan fingerprint density at radius 3 is 2.63 bits per heavy atom. The van der Waals surface area contributed by atoms with Crippen LogP contribution in [-0.2, 0) is 4.74 Å². The van der Waals surface area contributed by atoms with Crippen molar-refractivity contribution < 1.29 is 45.9 Å². The van der Waals surface area contributed by atoms with E-state index in [0.717, 1.165) is 16.3 Å². The van der Waals surface area contributed by atoms with Gasteiger partial charge in [0.05, 0.1) is 21.6 Å². The molecule has 2 N–H and O–H groups in total. The zero-order valence-corrected chi connectivity index (χ0v) is 22.6. The first kappa shape index (κ1) is 21.5. The molecule has 43 heavy (non-hydrogen) atoms. The van der Waals surface area contributed by atoms with Gasteiger partial charge in [0, 0.05) is 39.7 Å². The number of hydrogen-bond acceptors (Lipinski definition) is 8. The van der Waals surface area contributed by atoms with Gasteiger partial charge in [-0.05, 0) is 36.2 Å². The van der Waals surface area contributed by atoms with E-state index >= 15 is 0 Å². The van der Waals surface area contributed by atoms with Gasteiger partial charge in [0.25, 0.3) is 0 Å². The molecule has 1 fully saturated rings. The third-order valence-electron chi connectivity index (χ3n) is 6.45. The van der Waals surface area contributed by atoms with Crippen molar-refractivity contribution in [1.29, 1.82) is 0 Å². The number of imidazole rings is 1. The fraction of sp³-hybridized carbons (Fsp3) is 0.321. The molecule has 3 aromatic heterocycles. The van der Waals surface area contributed by atoms with Crippen molar-refractivity contribution in [2.24, 2.45) is 0 Å². The first-order valence-corrected chi connectivity index (χ1v) is 13.5. The van der Waals surface area contributed by atoms with Crippen molar-refractivity contribution in [2.75, 3.05) is 23.8 Å². The van der Waals surface area contributed by atoms with Crippen molar-refractivity contribution in [3.8, 4) is 17.0 Å². The number of benzene rings is 2. The number of rotatable bonds is 8. The van der Waals surface area contributed by atoms with Crippen LogP contribution in [0.1, 0.15) is 34.9 Å². The Morgan fingerprint density at radius 1 is 1.12 bits per heavy atom. The number of thiazole rings is 1. The lowest BCUT2D eigenvalue weighted by atomic mass is 10.1. The third-order valence-corrected chi connectivity index (χ3v) is 7.47. The summed E-state index contributed by atoms with van der Waals surface area (Å²) in [5, 5.41) is 8.24. The Hall–Kier alpha value is -4.21. The van der Waals surface area contributed by atoms with Crippen molar-refractivity contribution in [2.45, 2.75) is 44.9 Å². The minimum atomic E-state index is -3.27. The SMILES string of the molecule is [2H]C([2H])([2H])C([2H])(c1cc(NC(=O)Nc2ccc(-c3cn4c(n3)sc3cc(OCCN5C(F)C(F)OC(F)C5F)ccc34)cc2)on1)C([2H])([2H])[2H]. The maximum atomic E-state index is 14.0. The molecule has 1 saturated heterocycles. The molecule has 0 saturated carbocycles. The lowest BCUT2D eigenvalue weighted by Crippen LogP contribution is -2.56. The van der Waals surface area contributed by atoms with E-state index in [1.54, 1.807) is 48.7 Å². The van der Waals surface area contributed by atoms with Gasteiger partial charge < -0.3 is 19.3 Å². The second-order valence-corrected chi connectivity index (χ2v) is 10.3. The number of ether oxygens (including phenoxy) is 2. The maximum Gasteiger partial charge on any atom is 0.326 e. The molecule has 2 amide bonds. The number of amides is 2. The lowest BCUT2D eigenvalue weighted by Gasteiger charge is -2.36. The van der Waals surface area contributed by atoms with E-state index in [0.29, 0.717) is 32.6 Å². The molecule has 15 heteroatoms. The number of urea groups is 1. The average Bonchev–Trinajstić information content (AvgIpc) is 3.76. The highest BCUT2D eigenvalue weighted by molar-refractivity contribution is 7.23. The number of halogens is 4. The monoisotopic (exact) mass is 625 g/mol. The van der Waals surface area contributed by atoms with Gasteiger partial charge in [-0.15, -0.1) is 0 Å². The molecule has 4 unspecified atom stereocenters. The Morgan fingerprint density at radius 2 is 1.88 bits per heavy atom. The Balaban J connectivity index is 1.07. The first-order chi connectivity index (χ1) is 23.5. The molecule has 6 rings (SSSR count). The van der Waals surface area contributed by atoms with E-state index in [9.17, 15) is 22.4 Å². The summed E-state index contributed by atoms with van der Waals surface area (Å²) in [6.45, 7) is -7.19. The third kappa shape index (κ3) is 6.00. The van der Waals surface area contributed by atoms with Crippen LogP contribution in [0, 0.1) is 0 Å². The summed E-state index contributed by atoms with van der Waals surface area (Å²) < 4.78 is 125. The molecular weight excluding hydrogens is 592 g/mol. The number of carbonyl (C=O) groups is 1. The van der Waals surface area contributed by atoms with Crippen LogP contribution in [0.4, 0.5) is 33.9 Å². The maximum absolute atomic E-state index is 14.0. The number of hydrogen-bond donors (Lipinski definition) is 2. The number of carbonyl (C=O) groups excluding carboxylic acids is 1. The summed E-state index contributed by atoms with van der Waals surface area (Å²) in [6.07, 6.45) is -8.35. The fourth-order valence-corrected chi connectivity index (χ4v) is 5.40. The van der Waals surface area contributed by atoms with Gasteiger partial charge in [-0.1, -0.05) is 42.3 Å². The van der Waals surface area contributed by atoms with Gasteiger partial charge >= 0.3 is 6.03 Å². The van der Waals surface area contributed by atoms with Crippen LogP contribution in [0.2, 0.25) is 0 Å².